The lowest BCUT2D eigenvalue weighted by Gasteiger charge is -2.20. The van der Waals surface area contributed by atoms with Gasteiger partial charge >= 0.3 is 5.97 Å². The van der Waals surface area contributed by atoms with Crippen molar-refractivity contribution in [2.24, 2.45) is 0 Å². The van der Waals surface area contributed by atoms with Crippen LogP contribution < -0.4 is 0 Å². The lowest BCUT2D eigenvalue weighted by atomic mass is 10.1. The predicted molar refractivity (Wildman–Crippen MR) is 74.9 cm³/mol. The highest BCUT2D eigenvalue weighted by atomic mass is 16.4. The van der Waals surface area contributed by atoms with Crippen molar-refractivity contribution in [1.82, 2.24) is 4.90 Å². The van der Waals surface area contributed by atoms with Crippen molar-refractivity contribution < 1.29 is 19.1 Å². The van der Waals surface area contributed by atoms with Crippen molar-refractivity contribution in [3.05, 3.63) is 35.1 Å². The molecule has 0 saturated heterocycles. The molecule has 0 saturated carbocycles. The Labute approximate surface area is 116 Å². The second-order valence-electron chi connectivity index (χ2n) is 4.94. The largest absolute Gasteiger partial charge is 0.480 e. The second kappa shape index (κ2) is 5.00. The molecular weight excluding hydrogens is 258 g/mol. The van der Waals surface area contributed by atoms with Gasteiger partial charge in [-0.3, -0.25) is 4.79 Å². The quantitative estimate of drug-likeness (QED) is 0.934. The zero-order chi connectivity index (χ0) is 15.0. The standard InChI is InChI=1S/C15H17NO4/c1-8-6-5-7-11-9(2)13(20-12(8)11)14(17)16(4)10(3)15(18)19/h5-7,10H,1-4H3,(H,18,19). The van der Waals surface area contributed by atoms with E-state index in [9.17, 15) is 9.59 Å². The van der Waals surface area contributed by atoms with Gasteiger partial charge in [-0.15, -0.1) is 0 Å². The minimum absolute atomic E-state index is 0.199. The molecule has 1 heterocycles. The Morgan fingerprint density at radius 1 is 1.30 bits per heavy atom. The van der Waals surface area contributed by atoms with Crippen LogP contribution in [0.1, 0.15) is 28.6 Å². The molecule has 0 fully saturated rings. The number of fused-ring (bicyclic) bond motifs is 1. The fraction of sp³-hybridized carbons (Fsp3) is 0.333. The van der Waals surface area contributed by atoms with E-state index in [0.29, 0.717) is 5.58 Å². The van der Waals surface area contributed by atoms with Crippen molar-refractivity contribution >= 4 is 22.8 Å². The minimum Gasteiger partial charge on any atom is -0.480 e. The Kier molecular flexibility index (Phi) is 3.53. The number of amides is 1. The fourth-order valence-electron chi connectivity index (χ4n) is 2.09. The van der Waals surface area contributed by atoms with Gasteiger partial charge in [-0.2, -0.15) is 0 Å². The first-order chi connectivity index (χ1) is 9.34. The molecule has 0 aliphatic heterocycles. The number of hydrogen-bond donors (Lipinski definition) is 1. The first-order valence-electron chi connectivity index (χ1n) is 6.33. The van der Waals surface area contributed by atoms with Crippen molar-refractivity contribution in [2.45, 2.75) is 26.8 Å². The number of aliphatic carboxylic acids is 1. The van der Waals surface area contributed by atoms with E-state index < -0.39 is 17.9 Å². The highest BCUT2D eigenvalue weighted by Gasteiger charge is 2.27. The van der Waals surface area contributed by atoms with Gasteiger partial charge in [0, 0.05) is 18.0 Å². The van der Waals surface area contributed by atoms with Crippen LogP contribution in [0.2, 0.25) is 0 Å². The molecule has 0 aliphatic carbocycles. The molecule has 1 N–H and O–H groups in total. The van der Waals surface area contributed by atoms with Crippen LogP contribution in [0.15, 0.2) is 22.6 Å². The highest BCUT2D eigenvalue weighted by Crippen LogP contribution is 2.28. The Bertz CT molecular complexity index is 686. The normalized spacial score (nSPS) is 12.4. The summed E-state index contributed by atoms with van der Waals surface area (Å²) in [4.78, 5) is 24.5. The van der Waals surface area contributed by atoms with E-state index in [4.69, 9.17) is 9.52 Å². The molecule has 5 nitrogen and oxygen atoms in total. The van der Waals surface area contributed by atoms with Crippen LogP contribution in [0.25, 0.3) is 11.0 Å². The van der Waals surface area contributed by atoms with Gasteiger partial charge in [-0.1, -0.05) is 18.2 Å². The summed E-state index contributed by atoms with van der Waals surface area (Å²) >= 11 is 0. The Morgan fingerprint density at radius 2 is 1.95 bits per heavy atom. The number of carboxylic acids is 1. The zero-order valence-corrected chi connectivity index (χ0v) is 11.9. The number of furan rings is 1. The molecule has 0 bridgehead atoms. The highest BCUT2D eigenvalue weighted by molar-refractivity contribution is 6.00. The third kappa shape index (κ3) is 2.15. The van der Waals surface area contributed by atoms with Crippen LogP contribution in [0.3, 0.4) is 0 Å². The fourth-order valence-corrected chi connectivity index (χ4v) is 2.09. The maximum Gasteiger partial charge on any atom is 0.326 e. The van der Waals surface area contributed by atoms with Gasteiger partial charge in [-0.05, 0) is 26.3 Å². The van der Waals surface area contributed by atoms with Gasteiger partial charge in [0.05, 0.1) is 0 Å². The molecule has 1 aromatic carbocycles. The third-order valence-electron chi connectivity index (χ3n) is 3.61. The van der Waals surface area contributed by atoms with Gasteiger partial charge in [0.25, 0.3) is 5.91 Å². The third-order valence-corrected chi connectivity index (χ3v) is 3.61. The topological polar surface area (TPSA) is 70.8 Å². The summed E-state index contributed by atoms with van der Waals surface area (Å²) in [7, 11) is 1.46. The molecule has 0 spiro atoms. The summed E-state index contributed by atoms with van der Waals surface area (Å²) in [6.07, 6.45) is 0. The number of carboxylic acid groups (broad SMARTS) is 1. The van der Waals surface area contributed by atoms with Crippen molar-refractivity contribution in [3.63, 3.8) is 0 Å². The average Bonchev–Trinajstić information content (AvgIpc) is 2.75. The van der Waals surface area contributed by atoms with E-state index in [1.165, 1.54) is 18.9 Å². The Morgan fingerprint density at radius 3 is 2.50 bits per heavy atom. The molecule has 106 valence electrons. The van der Waals surface area contributed by atoms with Crippen molar-refractivity contribution in [2.75, 3.05) is 7.05 Å². The Balaban J connectivity index is 2.48. The van der Waals surface area contributed by atoms with Gasteiger partial charge in [-0.25, -0.2) is 4.79 Å². The SMILES string of the molecule is Cc1c(C(=O)N(C)C(C)C(=O)O)oc2c(C)cccc12. The van der Waals surface area contributed by atoms with Crippen molar-refractivity contribution in [3.8, 4) is 0 Å². The van der Waals surface area contributed by atoms with Gasteiger partial charge in [0.15, 0.2) is 5.76 Å². The second-order valence-corrected chi connectivity index (χ2v) is 4.94. The van der Waals surface area contributed by atoms with Gasteiger partial charge < -0.3 is 14.4 Å². The van der Waals surface area contributed by atoms with E-state index in [-0.39, 0.29) is 5.76 Å². The van der Waals surface area contributed by atoms with E-state index in [1.54, 1.807) is 6.92 Å². The summed E-state index contributed by atoms with van der Waals surface area (Å²) in [5.74, 6) is -1.27. The van der Waals surface area contributed by atoms with Crippen LogP contribution in [0, 0.1) is 13.8 Å². The van der Waals surface area contributed by atoms with Gasteiger partial charge in [0.1, 0.15) is 11.6 Å². The number of aryl methyl sites for hydroxylation is 2. The molecule has 0 radical (unpaired) electrons. The predicted octanol–water partition coefficient (Wildman–Crippen LogP) is 2.59. The van der Waals surface area contributed by atoms with E-state index in [2.05, 4.69) is 0 Å². The van der Waals surface area contributed by atoms with Crippen LogP contribution in [-0.4, -0.2) is 35.0 Å². The molecule has 0 aliphatic rings. The Hall–Kier alpha value is -2.30. The molecule has 1 amide bonds. The number of rotatable bonds is 3. The summed E-state index contributed by atoms with van der Waals surface area (Å²) in [5, 5.41) is 9.86. The number of hydrogen-bond acceptors (Lipinski definition) is 3. The summed E-state index contributed by atoms with van der Waals surface area (Å²) in [5.41, 5.74) is 2.35. The molecule has 5 heteroatoms. The maximum absolute atomic E-state index is 12.4. The molecule has 1 atom stereocenters. The number of para-hydroxylation sites is 1. The first kappa shape index (κ1) is 14.1. The lowest BCUT2D eigenvalue weighted by Crippen LogP contribution is -2.40. The molecule has 1 unspecified atom stereocenters. The summed E-state index contributed by atoms with van der Waals surface area (Å²) in [6, 6.07) is 4.79. The lowest BCUT2D eigenvalue weighted by molar-refractivity contribution is -0.141. The maximum atomic E-state index is 12.4. The van der Waals surface area contributed by atoms with Crippen LogP contribution in [0.5, 0.6) is 0 Å². The van der Waals surface area contributed by atoms with Gasteiger partial charge in [0.2, 0.25) is 0 Å². The minimum atomic E-state index is -1.05. The molecule has 20 heavy (non-hydrogen) atoms. The van der Waals surface area contributed by atoms with Crippen LogP contribution in [-0.2, 0) is 4.79 Å². The van der Waals surface area contributed by atoms with Crippen molar-refractivity contribution in [1.29, 1.82) is 0 Å². The van der Waals surface area contributed by atoms with E-state index in [0.717, 1.165) is 16.5 Å². The average molecular weight is 275 g/mol. The van der Waals surface area contributed by atoms with E-state index in [1.807, 2.05) is 25.1 Å². The number of carbonyl (C=O) groups is 2. The molecular formula is C15H17NO4. The van der Waals surface area contributed by atoms with Crippen LogP contribution in [0.4, 0.5) is 0 Å². The zero-order valence-electron chi connectivity index (χ0n) is 11.9. The van der Waals surface area contributed by atoms with E-state index >= 15 is 0 Å². The number of carbonyl (C=O) groups excluding carboxylic acids is 1. The molecule has 2 rings (SSSR count). The van der Waals surface area contributed by atoms with Crippen LogP contribution >= 0.6 is 0 Å². The summed E-state index contributed by atoms with van der Waals surface area (Å²) < 4.78 is 5.66. The molecule has 1 aromatic heterocycles. The monoisotopic (exact) mass is 275 g/mol. The number of likely N-dealkylation sites (N-methyl/N-ethyl adjacent to an activating group) is 1. The molecule has 2 aromatic rings. The number of nitrogens with zero attached hydrogens (tertiary/aromatic N) is 1. The first-order valence-corrected chi connectivity index (χ1v) is 6.33. The summed E-state index contributed by atoms with van der Waals surface area (Å²) in [6.45, 7) is 5.17. The smallest absolute Gasteiger partial charge is 0.326 e. The number of benzene rings is 1.